The molecule has 1 saturated carbocycles. The SMILES string of the molecule is NC[C@@H]1O[C@H](O[C@H]2[C@@H](O)[C@H](O[C@H]3[C@H](O)[C@H](N)C[C@@H](N)[C@H]3O[C@H]3O[C@@H](CN)[C@@H](O)[C@@H](O)[C@@H]3N)O[C@@H]2CO)[C@@H](N)[C@@H](O)[C@@H]1O. The Balaban J connectivity index is 1.50. The first-order valence-corrected chi connectivity index (χ1v) is 13.9. The van der Waals surface area contributed by atoms with Crippen LogP contribution in [0, 0.1) is 0 Å². The van der Waals surface area contributed by atoms with Crippen molar-refractivity contribution in [3.8, 4) is 0 Å². The molecule has 4 aliphatic rings. The van der Waals surface area contributed by atoms with E-state index in [0.29, 0.717) is 0 Å². The highest BCUT2D eigenvalue weighted by Gasteiger charge is 2.54. The lowest BCUT2D eigenvalue weighted by atomic mass is 9.84. The standard InChI is InChI=1S/C23H46N6O13/c24-2-7-13(32)15(34)10(28)21(37-7)40-18-6(27)1-5(26)12(31)20(18)42-23-17(36)19(9(4-30)39-23)41-22-11(29)16(35)14(33)8(3-25)38-22/h5-23,30-36H,1-4,24-29H2/t5-,6-,7+,8+,9-,10+,11+,12-,13-,14-,15+,16-,17-,18-,19-,20+,21-,22-,23+/m1/s1. The molecule has 0 aromatic heterocycles. The molecule has 0 amide bonds. The minimum absolute atomic E-state index is 0.0889. The van der Waals surface area contributed by atoms with Crippen LogP contribution < -0.4 is 34.4 Å². The number of hydrogen-bond donors (Lipinski definition) is 13. The summed E-state index contributed by atoms with van der Waals surface area (Å²) in [6.07, 6.45) is -19.8. The lowest BCUT2D eigenvalue weighted by molar-refractivity contribution is -0.306. The van der Waals surface area contributed by atoms with E-state index in [1.807, 2.05) is 0 Å². The van der Waals surface area contributed by atoms with Crippen LogP contribution in [-0.2, 0) is 28.4 Å². The third kappa shape index (κ3) is 6.60. The number of rotatable bonds is 9. The Bertz CT molecular complexity index is 868. The maximum atomic E-state index is 11.1. The summed E-state index contributed by atoms with van der Waals surface area (Å²) >= 11 is 0. The van der Waals surface area contributed by atoms with Crippen molar-refractivity contribution in [3.05, 3.63) is 0 Å². The minimum Gasteiger partial charge on any atom is -0.394 e. The van der Waals surface area contributed by atoms with Gasteiger partial charge in [0.1, 0.15) is 67.1 Å². The van der Waals surface area contributed by atoms with E-state index < -0.39 is 123 Å². The van der Waals surface area contributed by atoms with Crippen LogP contribution in [0.1, 0.15) is 6.42 Å². The molecular weight excluding hydrogens is 568 g/mol. The van der Waals surface area contributed by atoms with Crippen LogP contribution in [0.15, 0.2) is 0 Å². The lowest BCUT2D eigenvalue weighted by Gasteiger charge is -2.47. The van der Waals surface area contributed by atoms with Crippen molar-refractivity contribution in [1.82, 2.24) is 0 Å². The third-order valence-electron chi connectivity index (χ3n) is 8.37. The summed E-state index contributed by atoms with van der Waals surface area (Å²) in [6.45, 7) is -0.967. The Kier molecular flexibility index (Phi) is 11.5. The number of aliphatic hydroxyl groups excluding tert-OH is 7. The van der Waals surface area contributed by atoms with E-state index in [9.17, 15) is 35.7 Å². The zero-order valence-corrected chi connectivity index (χ0v) is 22.8. The molecule has 0 aromatic carbocycles. The molecule has 3 aliphatic heterocycles. The van der Waals surface area contributed by atoms with Gasteiger partial charge in [-0.15, -0.1) is 0 Å². The summed E-state index contributed by atoms with van der Waals surface area (Å²) in [6, 6.07) is -4.18. The summed E-state index contributed by atoms with van der Waals surface area (Å²) in [5.41, 5.74) is 35.6. The normalized spacial score (nSPS) is 53.8. The quantitative estimate of drug-likeness (QED) is 0.115. The molecule has 42 heavy (non-hydrogen) atoms. The Hall–Kier alpha value is -0.760. The highest BCUT2D eigenvalue weighted by Crippen LogP contribution is 2.34. The van der Waals surface area contributed by atoms with Crippen LogP contribution in [0.2, 0.25) is 0 Å². The zero-order valence-electron chi connectivity index (χ0n) is 22.8. The Morgan fingerprint density at radius 3 is 1.45 bits per heavy atom. The Labute approximate surface area is 241 Å². The number of nitrogens with two attached hydrogens (primary N) is 6. The molecule has 19 N–H and O–H groups in total. The van der Waals surface area contributed by atoms with Gasteiger partial charge in [0.2, 0.25) is 0 Å². The van der Waals surface area contributed by atoms with E-state index in [1.165, 1.54) is 0 Å². The fourth-order valence-electron chi connectivity index (χ4n) is 5.74. The van der Waals surface area contributed by atoms with Gasteiger partial charge in [-0.25, -0.2) is 0 Å². The van der Waals surface area contributed by atoms with Gasteiger partial charge in [0.15, 0.2) is 18.9 Å². The van der Waals surface area contributed by atoms with Crippen molar-refractivity contribution in [1.29, 1.82) is 0 Å². The maximum absolute atomic E-state index is 11.1. The van der Waals surface area contributed by atoms with E-state index in [1.54, 1.807) is 0 Å². The van der Waals surface area contributed by atoms with Crippen molar-refractivity contribution in [2.45, 2.75) is 123 Å². The van der Waals surface area contributed by atoms with E-state index in [-0.39, 0.29) is 19.5 Å². The molecule has 19 nitrogen and oxygen atoms in total. The summed E-state index contributed by atoms with van der Waals surface area (Å²) in [5, 5.41) is 73.0. The van der Waals surface area contributed by atoms with E-state index in [0.717, 1.165) is 0 Å². The molecule has 4 fully saturated rings. The second kappa shape index (κ2) is 14.1. The molecule has 19 atom stereocenters. The smallest absolute Gasteiger partial charge is 0.187 e. The largest absolute Gasteiger partial charge is 0.394 e. The van der Waals surface area contributed by atoms with E-state index >= 15 is 0 Å². The van der Waals surface area contributed by atoms with Crippen molar-refractivity contribution in [3.63, 3.8) is 0 Å². The van der Waals surface area contributed by atoms with Gasteiger partial charge in [-0.05, 0) is 6.42 Å². The molecule has 3 heterocycles. The van der Waals surface area contributed by atoms with Gasteiger partial charge in [0.05, 0.1) is 24.8 Å². The van der Waals surface area contributed by atoms with Crippen molar-refractivity contribution < 1.29 is 64.2 Å². The minimum atomic E-state index is -1.60. The van der Waals surface area contributed by atoms with Crippen molar-refractivity contribution in [2.75, 3.05) is 19.7 Å². The highest BCUT2D eigenvalue weighted by molar-refractivity contribution is 5.02. The molecule has 1 aliphatic carbocycles. The van der Waals surface area contributed by atoms with Crippen molar-refractivity contribution in [2.24, 2.45) is 34.4 Å². The fourth-order valence-corrected chi connectivity index (χ4v) is 5.74. The molecule has 4 rings (SSSR count). The summed E-state index contributed by atoms with van der Waals surface area (Å²) < 4.78 is 34.6. The Morgan fingerprint density at radius 2 is 0.976 bits per heavy atom. The van der Waals surface area contributed by atoms with E-state index in [2.05, 4.69) is 0 Å². The van der Waals surface area contributed by atoms with Crippen molar-refractivity contribution >= 4 is 0 Å². The molecule has 246 valence electrons. The third-order valence-corrected chi connectivity index (χ3v) is 8.37. The Morgan fingerprint density at radius 1 is 0.524 bits per heavy atom. The molecule has 3 saturated heterocycles. The molecule has 0 radical (unpaired) electrons. The number of aliphatic hydroxyl groups is 7. The van der Waals surface area contributed by atoms with Gasteiger partial charge in [-0.1, -0.05) is 0 Å². The predicted molar refractivity (Wildman–Crippen MR) is 138 cm³/mol. The first-order valence-electron chi connectivity index (χ1n) is 13.9. The number of hydrogen-bond acceptors (Lipinski definition) is 19. The molecule has 0 bridgehead atoms. The van der Waals surface area contributed by atoms with Crippen LogP contribution in [0.5, 0.6) is 0 Å². The average molecular weight is 615 g/mol. The summed E-state index contributed by atoms with van der Waals surface area (Å²) in [4.78, 5) is 0. The molecule has 0 unspecified atom stereocenters. The molecule has 19 heteroatoms. The van der Waals surface area contributed by atoms with Gasteiger partial charge in [0, 0.05) is 25.2 Å². The average Bonchev–Trinajstić information content (AvgIpc) is 3.27. The molecular formula is C23H46N6O13. The van der Waals surface area contributed by atoms with Gasteiger partial charge < -0.3 is 98.6 Å². The topological polar surface area (TPSA) is 353 Å². The van der Waals surface area contributed by atoms with Gasteiger partial charge in [-0.2, -0.15) is 0 Å². The highest BCUT2D eigenvalue weighted by atomic mass is 16.8. The predicted octanol–water partition coefficient (Wildman–Crippen LogP) is -8.90. The molecule has 0 aromatic rings. The van der Waals surface area contributed by atoms with E-state index in [4.69, 9.17) is 62.8 Å². The maximum Gasteiger partial charge on any atom is 0.187 e. The lowest BCUT2D eigenvalue weighted by Crippen LogP contribution is -2.68. The van der Waals surface area contributed by atoms with Crippen LogP contribution in [0.3, 0.4) is 0 Å². The molecule has 0 spiro atoms. The van der Waals surface area contributed by atoms with Gasteiger partial charge in [0.25, 0.3) is 0 Å². The first kappa shape index (κ1) is 34.1. The second-order valence-corrected chi connectivity index (χ2v) is 11.2. The first-order chi connectivity index (χ1) is 19.8. The summed E-state index contributed by atoms with van der Waals surface area (Å²) in [5.74, 6) is 0. The number of ether oxygens (including phenoxy) is 6. The fraction of sp³-hybridized carbons (Fsp3) is 1.00. The van der Waals surface area contributed by atoms with Crippen LogP contribution in [0.4, 0.5) is 0 Å². The van der Waals surface area contributed by atoms with Crippen LogP contribution in [-0.4, -0.2) is 172 Å². The monoisotopic (exact) mass is 614 g/mol. The summed E-state index contributed by atoms with van der Waals surface area (Å²) in [7, 11) is 0. The van der Waals surface area contributed by atoms with Crippen LogP contribution in [0.25, 0.3) is 0 Å². The van der Waals surface area contributed by atoms with Gasteiger partial charge in [-0.3, -0.25) is 0 Å². The van der Waals surface area contributed by atoms with Gasteiger partial charge >= 0.3 is 0 Å². The second-order valence-electron chi connectivity index (χ2n) is 11.2. The zero-order chi connectivity index (χ0) is 31.0. The van der Waals surface area contributed by atoms with Crippen LogP contribution >= 0.6 is 0 Å².